The van der Waals surface area contributed by atoms with Crippen LogP contribution in [0, 0.1) is 0 Å². The highest BCUT2D eigenvalue weighted by Gasteiger charge is 2.25. The van der Waals surface area contributed by atoms with Crippen LogP contribution in [-0.2, 0) is 6.54 Å². The summed E-state index contributed by atoms with van der Waals surface area (Å²) in [5, 5.41) is 0. The quantitative estimate of drug-likeness (QED) is 0.825. The zero-order valence-corrected chi connectivity index (χ0v) is 10.4. The topological polar surface area (TPSA) is 36.2 Å². The zero-order chi connectivity index (χ0) is 12.5. The Bertz CT molecular complexity index is 608. The highest BCUT2D eigenvalue weighted by Crippen LogP contribution is 2.33. The van der Waals surface area contributed by atoms with E-state index in [4.69, 9.17) is 4.74 Å². The van der Waals surface area contributed by atoms with Gasteiger partial charge in [-0.15, -0.1) is 0 Å². The predicted octanol–water partition coefficient (Wildman–Crippen LogP) is 2.04. The van der Waals surface area contributed by atoms with E-state index < -0.39 is 0 Å². The molecule has 4 nitrogen and oxygen atoms in total. The maximum atomic E-state index is 12.1. The average molecular weight is 244 g/mol. The van der Waals surface area contributed by atoms with E-state index in [1.54, 1.807) is 11.7 Å². The molecule has 0 N–H and O–H groups in total. The van der Waals surface area contributed by atoms with E-state index in [9.17, 15) is 4.79 Å². The summed E-state index contributed by atoms with van der Waals surface area (Å²) in [6.45, 7) is 0.593. The SMILES string of the molecule is COc1cccc(Cn2ccn(C3CC3)c2=O)c1. The lowest BCUT2D eigenvalue weighted by atomic mass is 10.2. The lowest BCUT2D eigenvalue weighted by Crippen LogP contribution is -2.23. The fourth-order valence-corrected chi connectivity index (χ4v) is 2.15. The monoisotopic (exact) mass is 244 g/mol. The first-order chi connectivity index (χ1) is 8.78. The highest BCUT2D eigenvalue weighted by molar-refractivity contribution is 5.28. The molecule has 0 bridgehead atoms. The van der Waals surface area contributed by atoms with Crippen molar-refractivity contribution in [1.29, 1.82) is 0 Å². The van der Waals surface area contributed by atoms with E-state index in [1.807, 2.05) is 41.2 Å². The molecule has 0 saturated heterocycles. The average Bonchev–Trinajstić information content (AvgIpc) is 3.17. The van der Waals surface area contributed by atoms with Gasteiger partial charge in [0.05, 0.1) is 13.7 Å². The lowest BCUT2D eigenvalue weighted by molar-refractivity contribution is 0.414. The molecule has 0 radical (unpaired) electrons. The number of rotatable bonds is 4. The normalized spacial score (nSPS) is 14.7. The van der Waals surface area contributed by atoms with Gasteiger partial charge in [0.2, 0.25) is 0 Å². The molecule has 0 spiro atoms. The summed E-state index contributed by atoms with van der Waals surface area (Å²) in [5.41, 5.74) is 1.16. The molecule has 0 atom stereocenters. The number of imidazole rings is 1. The van der Waals surface area contributed by atoms with Gasteiger partial charge in [-0.25, -0.2) is 4.79 Å². The molecule has 1 aromatic heterocycles. The minimum atomic E-state index is 0.0836. The van der Waals surface area contributed by atoms with Gasteiger partial charge in [-0.1, -0.05) is 12.1 Å². The molecule has 3 rings (SSSR count). The van der Waals surface area contributed by atoms with Crippen molar-refractivity contribution in [2.75, 3.05) is 7.11 Å². The Hall–Kier alpha value is -1.97. The van der Waals surface area contributed by atoms with Crippen LogP contribution in [0.5, 0.6) is 5.75 Å². The van der Waals surface area contributed by atoms with Crippen molar-refractivity contribution in [3.8, 4) is 5.75 Å². The van der Waals surface area contributed by atoms with Gasteiger partial charge in [-0.2, -0.15) is 0 Å². The van der Waals surface area contributed by atoms with Crippen molar-refractivity contribution in [3.05, 3.63) is 52.7 Å². The summed E-state index contributed by atoms with van der Waals surface area (Å²) in [6.07, 6.45) is 6.01. The van der Waals surface area contributed by atoms with Crippen LogP contribution in [0.2, 0.25) is 0 Å². The van der Waals surface area contributed by atoms with Crippen LogP contribution < -0.4 is 10.4 Å². The third-order valence-electron chi connectivity index (χ3n) is 3.30. The number of benzene rings is 1. The maximum absolute atomic E-state index is 12.1. The number of methoxy groups -OCH3 is 1. The number of nitrogens with zero attached hydrogens (tertiary/aromatic N) is 2. The molecule has 0 amide bonds. The molecule has 4 heteroatoms. The molecule has 0 aliphatic heterocycles. The Morgan fingerprint density at radius 1 is 1.33 bits per heavy atom. The van der Waals surface area contributed by atoms with Crippen molar-refractivity contribution >= 4 is 0 Å². The second-order valence-corrected chi connectivity index (χ2v) is 4.70. The van der Waals surface area contributed by atoms with Gasteiger partial charge in [0.15, 0.2) is 0 Å². The molecule has 94 valence electrons. The molecule has 1 aromatic carbocycles. The smallest absolute Gasteiger partial charge is 0.328 e. The van der Waals surface area contributed by atoms with Crippen LogP contribution in [0.3, 0.4) is 0 Å². The number of ether oxygens (including phenoxy) is 1. The summed E-state index contributed by atoms with van der Waals surface area (Å²) in [5.74, 6) is 0.821. The number of hydrogen-bond acceptors (Lipinski definition) is 2. The molecule has 18 heavy (non-hydrogen) atoms. The van der Waals surface area contributed by atoms with Crippen LogP contribution in [0.25, 0.3) is 0 Å². The molecule has 2 aromatic rings. The van der Waals surface area contributed by atoms with Crippen LogP contribution in [-0.4, -0.2) is 16.2 Å². The second-order valence-electron chi connectivity index (χ2n) is 4.70. The second kappa shape index (κ2) is 4.37. The summed E-state index contributed by atoms with van der Waals surface area (Å²) < 4.78 is 8.76. The molecular formula is C14H16N2O2. The Morgan fingerprint density at radius 3 is 2.89 bits per heavy atom. The minimum Gasteiger partial charge on any atom is -0.497 e. The number of hydrogen-bond donors (Lipinski definition) is 0. The minimum absolute atomic E-state index is 0.0836. The molecule has 0 unspecified atom stereocenters. The van der Waals surface area contributed by atoms with Crippen molar-refractivity contribution in [1.82, 2.24) is 9.13 Å². The first-order valence-electron chi connectivity index (χ1n) is 6.18. The lowest BCUT2D eigenvalue weighted by Gasteiger charge is -2.05. The van der Waals surface area contributed by atoms with Gasteiger partial charge in [0, 0.05) is 18.4 Å². The van der Waals surface area contributed by atoms with Gasteiger partial charge in [-0.05, 0) is 30.5 Å². The third kappa shape index (κ3) is 2.06. The first-order valence-corrected chi connectivity index (χ1v) is 6.18. The molecule has 1 fully saturated rings. The summed E-state index contributed by atoms with van der Waals surface area (Å²) in [4.78, 5) is 12.1. The fraction of sp³-hybridized carbons (Fsp3) is 0.357. The molecule has 1 saturated carbocycles. The van der Waals surface area contributed by atoms with E-state index in [0.717, 1.165) is 24.2 Å². The van der Waals surface area contributed by atoms with Gasteiger partial charge in [0.1, 0.15) is 5.75 Å². The first kappa shape index (κ1) is 11.1. The fourth-order valence-electron chi connectivity index (χ4n) is 2.15. The molecule has 1 heterocycles. The molecule has 1 aliphatic carbocycles. The van der Waals surface area contributed by atoms with Crippen LogP contribution in [0.1, 0.15) is 24.4 Å². The van der Waals surface area contributed by atoms with Crippen molar-refractivity contribution in [3.63, 3.8) is 0 Å². The predicted molar refractivity (Wildman–Crippen MR) is 69.1 cm³/mol. The van der Waals surface area contributed by atoms with Crippen molar-refractivity contribution < 1.29 is 4.74 Å². The Kier molecular flexibility index (Phi) is 2.70. The van der Waals surface area contributed by atoms with E-state index in [-0.39, 0.29) is 5.69 Å². The van der Waals surface area contributed by atoms with Crippen LogP contribution in [0.4, 0.5) is 0 Å². The standard InChI is InChI=1S/C14H16N2O2/c1-18-13-4-2-3-11(9-13)10-15-7-8-16(14(15)17)12-5-6-12/h2-4,7-9,12H,5-6,10H2,1H3. The van der Waals surface area contributed by atoms with Crippen molar-refractivity contribution in [2.45, 2.75) is 25.4 Å². The summed E-state index contributed by atoms with van der Waals surface area (Å²) >= 11 is 0. The van der Waals surface area contributed by atoms with E-state index >= 15 is 0 Å². The molecular weight excluding hydrogens is 228 g/mol. The largest absolute Gasteiger partial charge is 0.497 e. The van der Waals surface area contributed by atoms with Gasteiger partial charge in [-0.3, -0.25) is 9.13 Å². The van der Waals surface area contributed by atoms with E-state index in [0.29, 0.717) is 12.6 Å². The zero-order valence-electron chi connectivity index (χ0n) is 10.4. The van der Waals surface area contributed by atoms with E-state index in [1.165, 1.54) is 0 Å². The number of aromatic nitrogens is 2. The van der Waals surface area contributed by atoms with Crippen LogP contribution in [0.15, 0.2) is 41.5 Å². The highest BCUT2D eigenvalue weighted by atomic mass is 16.5. The summed E-state index contributed by atoms with van der Waals surface area (Å²) in [7, 11) is 1.65. The Morgan fingerprint density at radius 2 is 2.17 bits per heavy atom. The van der Waals surface area contributed by atoms with Crippen LogP contribution >= 0.6 is 0 Å². The van der Waals surface area contributed by atoms with E-state index in [2.05, 4.69) is 0 Å². The third-order valence-corrected chi connectivity index (χ3v) is 3.30. The van der Waals surface area contributed by atoms with Gasteiger partial charge in [0.25, 0.3) is 0 Å². The molecule has 1 aliphatic rings. The van der Waals surface area contributed by atoms with Gasteiger partial charge < -0.3 is 4.74 Å². The van der Waals surface area contributed by atoms with Crippen molar-refractivity contribution in [2.24, 2.45) is 0 Å². The maximum Gasteiger partial charge on any atom is 0.328 e. The Balaban J connectivity index is 1.85. The summed E-state index contributed by atoms with van der Waals surface area (Å²) in [6, 6.07) is 8.24. The van der Waals surface area contributed by atoms with Gasteiger partial charge >= 0.3 is 5.69 Å². The Labute approximate surface area is 105 Å².